The van der Waals surface area contributed by atoms with Crippen molar-refractivity contribution < 1.29 is 10.2 Å². The monoisotopic (exact) mass is 226 g/mol. The summed E-state index contributed by atoms with van der Waals surface area (Å²) in [5, 5.41) is 27.2. The zero-order chi connectivity index (χ0) is 11.5. The van der Waals surface area contributed by atoms with Gasteiger partial charge in [-0.2, -0.15) is 4.79 Å². The molecule has 8 heteroatoms. The molecule has 8 nitrogen and oxygen atoms in total. The summed E-state index contributed by atoms with van der Waals surface area (Å²) >= 11 is 0. The minimum Gasteiger partial charge on any atom is -0.394 e. The zero-order valence-corrected chi connectivity index (χ0v) is 8.69. The molecule has 0 bridgehead atoms. The van der Waals surface area contributed by atoms with E-state index in [1.165, 1.54) is 4.63 Å². The van der Waals surface area contributed by atoms with Gasteiger partial charge in [-0.1, -0.05) is 0 Å². The van der Waals surface area contributed by atoms with Crippen LogP contribution in [0.1, 0.15) is 0 Å². The largest absolute Gasteiger partial charge is 0.394 e. The summed E-state index contributed by atoms with van der Waals surface area (Å²) in [7, 11) is 0. The van der Waals surface area contributed by atoms with E-state index < -0.39 is 0 Å². The number of nitrogens with two attached hydrogens (primary N) is 1. The minimum absolute atomic E-state index is 0.0101. The minimum atomic E-state index is -0.0101. The van der Waals surface area contributed by atoms with Crippen molar-refractivity contribution in [1.29, 1.82) is 0 Å². The fourth-order valence-electron chi connectivity index (χ4n) is 1.56. The highest BCUT2D eigenvalue weighted by molar-refractivity contribution is 5.63. The Morgan fingerprint density at radius 1 is 1.31 bits per heavy atom. The Morgan fingerprint density at radius 2 is 2.00 bits per heavy atom. The highest BCUT2D eigenvalue weighted by atomic mass is 16.3. The lowest BCUT2D eigenvalue weighted by Gasteiger charge is -2.23. The topological polar surface area (TPSA) is 105 Å². The summed E-state index contributed by atoms with van der Waals surface area (Å²) in [4.78, 5) is 1.66. The summed E-state index contributed by atoms with van der Waals surface area (Å²) in [5.74, 6) is 0.353. The highest BCUT2D eigenvalue weighted by Gasteiger charge is 2.11. The van der Waals surface area contributed by atoms with E-state index in [0.717, 1.165) is 0 Å². The predicted octanol–water partition coefficient (Wildman–Crippen LogP) is -1.96. The summed E-state index contributed by atoms with van der Waals surface area (Å²) in [6.45, 7) is 0.766. The van der Waals surface area contributed by atoms with Crippen molar-refractivity contribution >= 4 is 11.3 Å². The molecule has 2 aromatic rings. The van der Waals surface area contributed by atoms with Gasteiger partial charge in [0.05, 0.1) is 26.3 Å². The van der Waals surface area contributed by atoms with Crippen LogP contribution in [0, 0.1) is 0 Å². The van der Waals surface area contributed by atoms with Crippen LogP contribution in [0.2, 0.25) is 0 Å². The molecule has 0 aliphatic carbocycles. The average Bonchev–Trinajstić information content (AvgIpc) is 2.82. The fourth-order valence-corrected chi connectivity index (χ4v) is 1.56. The molecule has 0 radical (unpaired) electrons. The zero-order valence-electron chi connectivity index (χ0n) is 8.69. The first kappa shape index (κ1) is 10.7. The Balaban J connectivity index is 2.35. The van der Waals surface area contributed by atoms with E-state index in [1.807, 2.05) is 0 Å². The number of nitrogens with zero attached hydrogens (tertiary/aromatic N) is 5. The maximum absolute atomic E-state index is 8.93. The first-order chi connectivity index (χ1) is 7.77. The van der Waals surface area contributed by atoms with E-state index in [2.05, 4.69) is 10.3 Å². The Hall–Kier alpha value is -1.80. The van der Waals surface area contributed by atoms with E-state index >= 15 is 0 Å². The third-order valence-electron chi connectivity index (χ3n) is 2.28. The van der Waals surface area contributed by atoms with Gasteiger partial charge < -0.3 is 15.9 Å². The molecule has 2 heterocycles. The fraction of sp³-hybridized carbons (Fsp3) is 0.500. The van der Waals surface area contributed by atoms with Crippen molar-refractivity contribution in [1.82, 2.24) is 19.7 Å². The van der Waals surface area contributed by atoms with Gasteiger partial charge in [-0.15, -0.1) is 9.73 Å². The number of nitrogen functional groups attached to an aromatic ring is 1. The summed E-state index contributed by atoms with van der Waals surface area (Å²) in [6, 6.07) is 1.77. The van der Waals surface area contributed by atoms with Gasteiger partial charge in [0.25, 0.3) is 0 Å². The van der Waals surface area contributed by atoms with Crippen LogP contribution >= 0.6 is 0 Å². The van der Waals surface area contributed by atoms with Crippen LogP contribution in [0.4, 0.5) is 5.82 Å². The summed E-state index contributed by atoms with van der Waals surface area (Å²) in [5.41, 5.74) is 6.31. The van der Waals surface area contributed by atoms with E-state index in [1.54, 1.807) is 22.1 Å². The molecule has 88 valence electrons. The maximum atomic E-state index is 8.93. The second-order valence-corrected chi connectivity index (χ2v) is 3.29. The molecule has 0 aliphatic rings. The van der Waals surface area contributed by atoms with Gasteiger partial charge in [-0.3, -0.25) is 5.01 Å². The molecule has 0 unspecified atom stereocenters. The summed E-state index contributed by atoms with van der Waals surface area (Å²) in [6.07, 6.45) is 1.76. The van der Waals surface area contributed by atoms with E-state index in [0.29, 0.717) is 24.4 Å². The Bertz CT molecular complexity index is 458. The molecule has 4 N–H and O–H groups in total. The number of rotatable bonds is 5. The molecular formula is C8H14N6O2. The van der Waals surface area contributed by atoms with Crippen LogP contribution < -0.4 is 10.7 Å². The van der Waals surface area contributed by atoms with Crippen LogP contribution in [0.25, 0.3) is 5.52 Å². The van der Waals surface area contributed by atoms with Crippen molar-refractivity contribution in [3.63, 3.8) is 0 Å². The highest BCUT2D eigenvalue weighted by Crippen LogP contribution is 2.09. The van der Waals surface area contributed by atoms with E-state index in [-0.39, 0.29) is 13.2 Å². The molecule has 0 saturated carbocycles. The standard InChI is InChI=1S/C8H14N6O2/c9-8-7-1-2-13(14(7)11-10-8)12(3-5-15)4-6-16/h1-2,15-16H,3-6,9H2. The van der Waals surface area contributed by atoms with Gasteiger partial charge in [-0.05, 0) is 11.3 Å². The van der Waals surface area contributed by atoms with Crippen molar-refractivity contribution in [3.05, 3.63) is 12.3 Å². The molecule has 2 aromatic heterocycles. The quantitative estimate of drug-likeness (QED) is 0.546. The molecule has 0 atom stereocenters. The number of aliphatic hydroxyl groups excluding tert-OH is 2. The van der Waals surface area contributed by atoms with Crippen LogP contribution in [-0.4, -0.2) is 56.2 Å². The first-order valence-electron chi connectivity index (χ1n) is 4.93. The normalized spacial score (nSPS) is 11.1. The molecule has 16 heavy (non-hydrogen) atoms. The number of hydrogen-bond donors (Lipinski definition) is 3. The van der Waals surface area contributed by atoms with Gasteiger partial charge in [0.1, 0.15) is 5.52 Å². The molecule has 0 fully saturated rings. The van der Waals surface area contributed by atoms with Crippen LogP contribution in [0.5, 0.6) is 0 Å². The van der Waals surface area contributed by atoms with Gasteiger partial charge in [-0.25, -0.2) is 0 Å². The first-order valence-corrected chi connectivity index (χ1v) is 4.93. The van der Waals surface area contributed by atoms with E-state index in [4.69, 9.17) is 15.9 Å². The van der Waals surface area contributed by atoms with Gasteiger partial charge in [0, 0.05) is 6.20 Å². The van der Waals surface area contributed by atoms with Crippen molar-refractivity contribution in [3.8, 4) is 0 Å². The van der Waals surface area contributed by atoms with Gasteiger partial charge in [0.15, 0.2) is 5.82 Å². The van der Waals surface area contributed by atoms with Gasteiger partial charge in [0.2, 0.25) is 0 Å². The van der Waals surface area contributed by atoms with Crippen LogP contribution in [-0.2, 0) is 0 Å². The van der Waals surface area contributed by atoms with Crippen molar-refractivity contribution in [2.45, 2.75) is 0 Å². The van der Waals surface area contributed by atoms with E-state index in [9.17, 15) is 0 Å². The van der Waals surface area contributed by atoms with Crippen LogP contribution in [0.3, 0.4) is 0 Å². The number of anilines is 1. The third kappa shape index (κ3) is 1.68. The Labute approximate surface area is 91.4 Å². The number of fused-ring (bicyclic) bond motifs is 1. The smallest absolute Gasteiger partial charge is 0.175 e. The van der Waals surface area contributed by atoms with Crippen molar-refractivity contribution in [2.24, 2.45) is 0 Å². The lowest BCUT2D eigenvalue weighted by atomic mass is 10.5. The second kappa shape index (κ2) is 4.37. The number of aromatic nitrogens is 4. The molecule has 0 aromatic carbocycles. The predicted molar refractivity (Wildman–Crippen MR) is 57.5 cm³/mol. The number of aliphatic hydroxyl groups is 2. The SMILES string of the molecule is Nc1nnn2c1ccn2N(CCO)CCO. The van der Waals surface area contributed by atoms with Crippen LogP contribution in [0.15, 0.2) is 12.3 Å². The molecule has 0 saturated heterocycles. The molecular weight excluding hydrogens is 212 g/mol. The third-order valence-corrected chi connectivity index (χ3v) is 2.28. The molecule has 0 aliphatic heterocycles. The second-order valence-electron chi connectivity index (χ2n) is 3.29. The molecule has 0 spiro atoms. The van der Waals surface area contributed by atoms with Gasteiger partial charge >= 0.3 is 0 Å². The Morgan fingerprint density at radius 3 is 2.62 bits per heavy atom. The summed E-state index contributed by atoms with van der Waals surface area (Å²) < 4.78 is 1.51. The lowest BCUT2D eigenvalue weighted by Crippen LogP contribution is -2.41. The Kier molecular flexibility index (Phi) is 2.93. The molecule has 2 rings (SSSR count). The van der Waals surface area contributed by atoms with Crippen molar-refractivity contribution in [2.75, 3.05) is 37.0 Å². The maximum Gasteiger partial charge on any atom is 0.175 e. The number of hydrogen-bond acceptors (Lipinski definition) is 6. The molecule has 0 amide bonds. The average molecular weight is 226 g/mol. The lowest BCUT2D eigenvalue weighted by molar-refractivity contribution is 0.257.